The molecule has 2 heterocycles. The molecule has 0 aliphatic rings. The monoisotopic (exact) mass is 280 g/mol. The van der Waals surface area contributed by atoms with Crippen molar-refractivity contribution in [2.45, 2.75) is 33.2 Å². The number of aromatic nitrogens is 4. The zero-order chi connectivity index (χ0) is 14.7. The van der Waals surface area contributed by atoms with Crippen molar-refractivity contribution in [2.75, 3.05) is 11.9 Å². The van der Waals surface area contributed by atoms with Gasteiger partial charge >= 0.3 is 5.69 Å². The maximum atomic E-state index is 11.1. The topological polar surface area (TPSA) is 112 Å². The number of nitrogens with zero attached hydrogens (tertiary/aromatic N) is 5. The Morgan fingerprint density at radius 2 is 2.30 bits per heavy atom. The fraction of sp³-hybridized carbons (Fsp3) is 0.545. The second-order valence-electron chi connectivity index (χ2n) is 4.60. The van der Waals surface area contributed by atoms with Gasteiger partial charge in [0, 0.05) is 19.0 Å². The molecule has 1 N–H and O–H groups in total. The second-order valence-corrected chi connectivity index (χ2v) is 4.60. The van der Waals surface area contributed by atoms with Crippen LogP contribution in [-0.4, -0.2) is 31.4 Å². The Bertz CT molecular complexity index is 590. The molecule has 0 aliphatic heterocycles. The molecule has 0 unspecified atom stereocenters. The zero-order valence-corrected chi connectivity index (χ0v) is 11.5. The van der Waals surface area contributed by atoms with Gasteiger partial charge in [-0.05, 0) is 20.8 Å². The Labute approximate surface area is 115 Å². The maximum Gasteiger partial charge on any atom is 0.333 e. The molecule has 0 fully saturated rings. The summed E-state index contributed by atoms with van der Waals surface area (Å²) in [6.07, 6.45) is 1.76. The Balaban J connectivity index is 2.18. The fourth-order valence-electron chi connectivity index (χ4n) is 1.89. The van der Waals surface area contributed by atoms with Crippen LogP contribution in [0.15, 0.2) is 10.9 Å². The quantitative estimate of drug-likeness (QED) is 0.633. The van der Waals surface area contributed by atoms with E-state index in [1.165, 1.54) is 6.39 Å². The third-order valence-corrected chi connectivity index (χ3v) is 2.77. The molecule has 2 rings (SSSR count). The van der Waals surface area contributed by atoms with E-state index in [0.717, 1.165) is 0 Å². The van der Waals surface area contributed by atoms with Crippen LogP contribution in [0.25, 0.3) is 0 Å². The van der Waals surface area contributed by atoms with Crippen molar-refractivity contribution in [2.24, 2.45) is 0 Å². The maximum absolute atomic E-state index is 11.1. The zero-order valence-electron chi connectivity index (χ0n) is 11.5. The standard InChI is InChI=1S/C11H16N6O3/c1-7(2)16-11(10(17(18)19)8(3)14-16)12-5-4-9-13-6-20-15-9/h6-7,12H,4-5H2,1-3H3. The van der Waals surface area contributed by atoms with Crippen LogP contribution >= 0.6 is 0 Å². The molecular formula is C11H16N6O3. The molecule has 0 bridgehead atoms. The lowest BCUT2D eigenvalue weighted by Crippen LogP contribution is -2.13. The number of nitrogens with one attached hydrogen (secondary N) is 1. The smallest absolute Gasteiger partial charge is 0.333 e. The first-order valence-corrected chi connectivity index (χ1v) is 6.23. The number of aryl methyl sites for hydroxylation is 1. The first-order chi connectivity index (χ1) is 9.50. The molecule has 2 aromatic rings. The minimum atomic E-state index is -0.419. The molecule has 0 aromatic carbocycles. The lowest BCUT2D eigenvalue weighted by Gasteiger charge is -2.11. The van der Waals surface area contributed by atoms with Gasteiger partial charge in [0.05, 0.1) is 4.92 Å². The molecule has 0 spiro atoms. The van der Waals surface area contributed by atoms with Crippen LogP contribution in [0.5, 0.6) is 0 Å². The molecule has 2 aromatic heterocycles. The highest BCUT2D eigenvalue weighted by Crippen LogP contribution is 2.30. The molecule has 0 radical (unpaired) electrons. The average molecular weight is 280 g/mol. The van der Waals surface area contributed by atoms with E-state index < -0.39 is 4.92 Å². The number of rotatable bonds is 6. The Morgan fingerprint density at radius 3 is 2.85 bits per heavy atom. The van der Waals surface area contributed by atoms with Crippen LogP contribution in [0.1, 0.15) is 31.4 Å². The molecule has 9 heteroatoms. The minimum absolute atomic E-state index is 0.00631. The number of nitro groups is 1. The lowest BCUT2D eigenvalue weighted by atomic mass is 10.3. The summed E-state index contributed by atoms with van der Waals surface area (Å²) < 4.78 is 6.25. The molecule has 0 atom stereocenters. The van der Waals surface area contributed by atoms with Gasteiger partial charge in [-0.25, -0.2) is 4.68 Å². The van der Waals surface area contributed by atoms with Crippen molar-refractivity contribution in [3.63, 3.8) is 0 Å². The van der Waals surface area contributed by atoms with Crippen LogP contribution < -0.4 is 5.32 Å². The fourth-order valence-corrected chi connectivity index (χ4v) is 1.89. The Kier molecular flexibility index (Phi) is 3.97. The van der Waals surface area contributed by atoms with Gasteiger partial charge in [-0.2, -0.15) is 10.1 Å². The van der Waals surface area contributed by atoms with E-state index in [-0.39, 0.29) is 11.7 Å². The number of hydrogen-bond acceptors (Lipinski definition) is 7. The first kappa shape index (κ1) is 14.0. The summed E-state index contributed by atoms with van der Waals surface area (Å²) in [6.45, 7) is 5.92. The average Bonchev–Trinajstić information content (AvgIpc) is 2.97. The van der Waals surface area contributed by atoms with Crippen molar-refractivity contribution in [1.82, 2.24) is 19.9 Å². The highest BCUT2D eigenvalue weighted by Gasteiger charge is 2.26. The van der Waals surface area contributed by atoms with Gasteiger partial charge in [0.25, 0.3) is 0 Å². The highest BCUT2D eigenvalue weighted by atomic mass is 16.6. The number of anilines is 1. The van der Waals surface area contributed by atoms with Crippen molar-refractivity contribution in [3.05, 3.63) is 28.0 Å². The summed E-state index contributed by atoms with van der Waals surface area (Å²) in [5.41, 5.74) is 0.401. The van der Waals surface area contributed by atoms with Crippen LogP contribution in [0, 0.1) is 17.0 Å². The SMILES string of the molecule is Cc1nn(C(C)C)c(NCCc2ncon2)c1[N+](=O)[O-]. The second kappa shape index (κ2) is 5.68. The van der Waals surface area contributed by atoms with E-state index in [0.29, 0.717) is 30.3 Å². The highest BCUT2D eigenvalue weighted by molar-refractivity contribution is 5.59. The Morgan fingerprint density at radius 1 is 1.55 bits per heavy atom. The van der Waals surface area contributed by atoms with Gasteiger partial charge in [-0.3, -0.25) is 10.1 Å². The summed E-state index contributed by atoms with van der Waals surface area (Å²) in [5.74, 6) is 0.957. The summed E-state index contributed by atoms with van der Waals surface area (Å²) in [6, 6.07) is 0.0232. The predicted molar refractivity (Wildman–Crippen MR) is 70.5 cm³/mol. The third-order valence-electron chi connectivity index (χ3n) is 2.77. The van der Waals surface area contributed by atoms with Crippen LogP contribution in [0.2, 0.25) is 0 Å². The number of hydrogen-bond donors (Lipinski definition) is 1. The molecule has 20 heavy (non-hydrogen) atoms. The summed E-state index contributed by atoms with van der Waals surface area (Å²) in [4.78, 5) is 14.6. The summed E-state index contributed by atoms with van der Waals surface area (Å²) in [5, 5.41) is 22.1. The largest absolute Gasteiger partial charge is 0.364 e. The van der Waals surface area contributed by atoms with Gasteiger partial charge in [-0.15, -0.1) is 0 Å². The van der Waals surface area contributed by atoms with E-state index in [4.69, 9.17) is 0 Å². The first-order valence-electron chi connectivity index (χ1n) is 6.23. The van der Waals surface area contributed by atoms with Gasteiger partial charge in [0.2, 0.25) is 12.2 Å². The third kappa shape index (κ3) is 2.76. The van der Waals surface area contributed by atoms with Crippen LogP contribution in [0.4, 0.5) is 11.5 Å². The van der Waals surface area contributed by atoms with Gasteiger partial charge in [-0.1, -0.05) is 5.16 Å². The van der Waals surface area contributed by atoms with Crippen molar-refractivity contribution in [1.29, 1.82) is 0 Å². The van der Waals surface area contributed by atoms with Gasteiger partial charge < -0.3 is 9.84 Å². The molecular weight excluding hydrogens is 264 g/mol. The minimum Gasteiger partial charge on any atom is -0.364 e. The molecule has 0 saturated carbocycles. The van der Waals surface area contributed by atoms with E-state index >= 15 is 0 Å². The van der Waals surface area contributed by atoms with Crippen molar-refractivity contribution in [3.8, 4) is 0 Å². The van der Waals surface area contributed by atoms with Crippen molar-refractivity contribution >= 4 is 11.5 Å². The van der Waals surface area contributed by atoms with Crippen LogP contribution in [0.3, 0.4) is 0 Å². The predicted octanol–water partition coefficient (Wildman–Crippen LogP) is 1.72. The van der Waals surface area contributed by atoms with Gasteiger partial charge in [0.1, 0.15) is 5.69 Å². The Hall–Kier alpha value is -2.45. The van der Waals surface area contributed by atoms with Gasteiger partial charge in [0.15, 0.2) is 5.82 Å². The van der Waals surface area contributed by atoms with Crippen molar-refractivity contribution < 1.29 is 9.45 Å². The van der Waals surface area contributed by atoms with E-state index in [9.17, 15) is 10.1 Å². The normalized spacial score (nSPS) is 11.0. The molecule has 0 aliphatic carbocycles. The molecule has 0 saturated heterocycles. The molecule has 108 valence electrons. The summed E-state index contributed by atoms with van der Waals surface area (Å²) in [7, 11) is 0. The summed E-state index contributed by atoms with van der Waals surface area (Å²) >= 11 is 0. The van der Waals surface area contributed by atoms with E-state index in [1.807, 2.05) is 13.8 Å². The molecule has 0 amide bonds. The molecule has 9 nitrogen and oxygen atoms in total. The lowest BCUT2D eigenvalue weighted by molar-refractivity contribution is -0.384. The van der Waals surface area contributed by atoms with Crippen LogP contribution in [-0.2, 0) is 6.42 Å². The van der Waals surface area contributed by atoms with E-state index in [1.54, 1.807) is 11.6 Å². The van der Waals surface area contributed by atoms with E-state index in [2.05, 4.69) is 25.1 Å².